The first-order valence-corrected chi connectivity index (χ1v) is 10.8. The molecule has 0 aromatic heterocycles. The predicted octanol–water partition coefficient (Wildman–Crippen LogP) is -0.681. The van der Waals surface area contributed by atoms with Crippen LogP contribution in [0.15, 0.2) is 0 Å². The van der Waals surface area contributed by atoms with Crippen LogP contribution in [0.5, 0.6) is 0 Å². The minimum Gasteiger partial charge on any atom is -0.466 e. The molecule has 0 aliphatic rings. The number of nitrogens with zero attached hydrogens (tertiary/aromatic N) is 1. The highest BCUT2D eigenvalue weighted by molar-refractivity contribution is 7.91. The zero-order valence-electron chi connectivity index (χ0n) is 13.6. The lowest BCUT2D eigenvalue weighted by Gasteiger charge is -2.22. The van der Waals surface area contributed by atoms with E-state index in [9.17, 15) is 26.7 Å². The molecule has 0 aliphatic carbocycles. The molecule has 0 amide bonds. The van der Waals surface area contributed by atoms with Crippen LogP contribution < -0.4 is 0 Å². The number of hydrogen-bond acceptors (Lipinski definition) is 8. The molecule has 1 atom stereocenters. The van der Waals surface area contributed by atoms with E-state index in [1.54, 1.807) is 6.92 Å². The van der Waals surface area contributed by atoms with Crippen molar-refractivity contribution in [2.45, 2.75) is 32.6 Å². The minimum absolute atomic E-state index is 0.0246. The van der Waals surface area contributed by atoms with Crippen molar-refractivity contribution < 1.29 is 36.2 Å². The lowest BCUT2D eigenvalue weighted by molar-refractivity contribution is -0.159. The number of rotatable bonds is 12. The number of sulfone groups is 1. The van der Waals surface area contributed by atoms with E-state index in [0.717, 1.165) is 13.3 Å². The quantitative estimate of drug-likeness (QED) is 0.270. The Labute approximate surface area is 137 Å². The van der Waals surface area contributed by atoms with Gasteiger partial charge in [-0.3, -0.25) is 4.79 Å². The summed E-state index contributed by atoms with van der Waals surface area (Å²) in [5.41, 5.74) is 0. The Morgan fingerprint density at radius 2 is 1.78 bits per heavy atom. The molecule has 0 aliphatic heterocycles. The molecule has 0 heterocycles. The molecular formula is C12H25NO8S2. The standard InChI is InChI=1S/C12H25NO8S2/c1-4-20-11(14)7-5-8-21-12(15)13(2)23(18,19)10-6-9-22(3,16)17/h12,15H,4-10H2,1-3H3. The summed E-state index contributed by atoms with van der Waals surface area (Å²) >= 11 is 0. The fourth-order valence-electron chi connectivity index (χ4n) is 1.53. The topological polar surface area (TPSA) is 127 Å². The summed E-state index contributed by atoms with van der Waals surface area (Å²) in [6, 6.07) is 0. The summed E-state index contributed by atoms with van der Waals surface area (Å²) in [5, 5.41) is 9.67. The maximum absolute atomic E-state index is 11.9. The number of aliphatic hydroxyl groups is 1. The highest BCUT2D eigenvalue weighted by Crippen LogP contribution is 2.07. The van der Waals surface area contributed by atoms with Gasteiger partial charge < -0.3 is 14.6 Å². The van der Waals surface area contributed by atoms with Crippen molar-refractivity contribution in [3.05, 3.63) is 0 Å². The monoisotopic (exact) mass is 375 g/mol. The highest BCUT2D eigenvalue weighted by Gasteiger charge is 2.25. The molecule has 0 bridgehead atoms. The molecule has 0 radical (unpaired) electrons. The second-order valence-corrected chi connectivity index (χ2v) is 9.33. The highest BCUT2D eigenvalue weighted by atomic mass is 32.2. The van der Waals surface area contributed by atoms with Crippen LogP contribution in [-0.4, -0.2) is 76.7 Å². The van der Waals surface area contributed by atoms with Gasteiger partial charge in [0.15, 0.2) is 0 Å². The van der Waals surface area contributed by atoms with E-state index < -0.39 is 38.0 Å². The van der Waals surface area contributed by atoms with Gasteiger partial charge in [0.1, 0.15) is 9.84 Å². The number of sulfonamides is 1. The molecule has 1 N–H and O–H groups in total. The van der Waals surface area contributed by atoms with E-state index in [-0.39, 0.29) is 38.2 Å². The molecule has 0 spiro atoms. The number of esters is 1. The summed E-state index contributed by atoms with van der Waals surface area (Å²) in [6.07, 6.45) is -0.366. The van der Waals surface area contributed by atoms with Crippen LogP contribution in [0.2, 0.25) is 0 Å². The molecule has 0 saturated heterocycles. The van der Waals surface area contributed by atoms with E-state index in [4.69, 9.17) is 9.47 Å². The predicted molar refractivity (Wildman–Crippen MR) is 83.7 cm³/mol. The smallest absolute Gasteiger partial charge is 0.305 e. The summed E-state index contributed by atoms with van der Waals surface area (Å²) < 4.78 is 56.0. The van der Waals surface area contributed by atoms with Gasteiger partial charge >= 0.3 is 5.97 Å². The van der Waals surface area contributed by atoms with Crippen LogP contribution in [0.1, 0.15) is 26.2 Å². The summed E-state index contributed by atoms with van der Waals surface area (Å²) in [6.45, 7) is 1.93. The van der Waals surface area contributed by atoms with Crippen LogP contribution in [-0.2, 0) is 34.1 Å². The number of carbonyl (C=O) groups is 1. The minimum atomic E-state index is -3.84. The van der Waals surface area contributed by atoms with Crippen molar-refractivity contribution in [3.8, 4) is 0 Å². The maximum Gasteiger partial charge on any atom is 0.305 e. The van der Waals surface area contributed by atoms with Crippen molar-refractivity contribution in [2.24, 2.45) is 0 Å². The van der Waals surface area contributed by atoms with Gasteiger partial charge in [0.25, 0.3) is 0 Å². The summed E-state index contributed by atoms with van der Waals surface area (Å²) in [4.78, 5) is 11.1. The number of ether oxygens (including phenoxy) is 2. The van der Waals surface area contributed by atoms with Crippen LogP contribution in [0, 0.1) is 0 Å². The Kier molecular flexibility index (Phi) is 9.85. The van der Waals surface area contributed by atoms with Crippen LogP contribution in [0.4, 0.5) is 0 Å². The van der Waals surface area contributed by atoms with E-state index in [2.05, 4.69) is 0 Å². The summed E-state index contributed by atoms with van der Waals surface area (Å²) in [7, 11) is -5.95. The van der Waals surface area contributed by atoms with E-state index in [0.29, 0.717) is 4.31 Å². The first kappa shape index (κ1) is 22.2. The van der Waals surface area contributed by atoms with Crippen molar-refractivity contribution in [3.63, 3.8) is 0 Å². The Hall–Kier alpha value is -0.750. The second-order valence-electron chi connectivity index (χ2n) is 4.92. The van der Waals surface area contributed by atoms with Gasteiger partial charge in [-0.15, -0.1) is 0 Å². The SMILES string of the molecule is CCOC(=O)CCCOC(O)N(C)S(=O)(=O)CCCS(C)(=O)=O. The van der Waals surface area contributed by atoms with E-state index in [1.807, 2.05) is 0 Å². The van der Waals surface area contributed by atoms with Gasteiger partial charge in [0.05, 0.1) is 24.7 Å². The zero-order valence-corrected chi connectivity index (χ0v) is 15.2. The van der Waals surface area contributed by atoms with Crippen molar-refractivity contribution in [1.29, 1.82) is 0 Å². The number of hydrogen-bond donors (Lipinski definition) is 1. The fourth-order valence-corrected chi connectivity index (χ4v) is 3.51. The molecule has 0 aromatic carbocycles. The van der Waals surface area contributed by atoms with Gasteiger partial charge in [-0.2, -0.15) is 4.31 Å². The lowest BCUT2D eigenvalue weighted by Crippen LogP contribution is -2.40. The van der Waals surface area contributed by atoms with Gasteiger partial charge in [-0.05, 0) is 19.8 Å². The number of carbonyl (C=O) groups excluding carboxylic acids is 1. The zero-order chi connectivity index (χ0) is 18.1. The Bertz CT molecular complexity index is 558. The first-order chi connectivity index (χ1) is 10.5. The third-order valence-electron chi connectivity index (χ3n) is 2.76. The molecule has 0 fully saturated rings. The molecule has 0 rings (SSSR count). The van der Waals surface area contributed by atoms with Crippen LogP contribution in [0.25, 0.3) is 0 Å². The van der Waals surface area contributed by atoms with Crippen molar-refractivity contribution in [1.82, 2.24) is 4.31 Å². The molecule has 11 heteroatoms. The van der Waals surface area contributed by atoms with E-state index >= 15 is 0 Å². The molecular weight excluding hydrogens is 350 g/mol. The van der Waals surface area contributed by atoms with Crippen molar-refractivity contribution >= 4 is 25.8 Å². The third-order valence-corrected chi connectivity index (χ3v) is 5.66. The van der Waals surface area contributed by atoms with Gasteiger partial charge in [0, 0.05) is 19.7 Å². The van der Waals surface area contributed by atoms with Crippen LogP contribution >= 0.6 is 0 Å². The molecule has 23 heavy (non-hydrogen) atoms. The van der Waals surface area contributed by atoms with Crippen LogP contribution in [0.3, 0.4) is 0 Å². The average Bonchev–Trinajstić information content (AvgIpc) is 2.41. The molecule has 0 aromatic rings. The largest absolute Gasteiger partial charge is 0.466 e. The normalized spacial score (nSPS) is 14.0. The Morgan fingerprint density at radius 3 is 2.30 bits per heavy atom. The van der Waals surface area contributed by atoms with Gasteiger partial charge in [-0.25, -0.2) is 16.8 Å². The first-order valence-electron chi connectivity index (χ1n) is 7.08. The van der Waals surface area contributed by atoms with E-state index in [1.165, 1.54) is 0 Å². The lowest BCUT2D eigenvalue weighted by atomic mass is 10.3. The Morgan fingerprint density at radius 1 is 1.17 bits per heavy atom. The third kappa shape index (κ3) is 10.6. The molecule has 9 nitrogen and oxygen atoms in total. The van der Waals surface area contributed by atoms with Crippen molar-refractivity contribution in [2.75, 3.05) is 38.0 Å². The second kappa shape index (κ2) is 10.2. The fraction of sp³-hybridized carbons (Fsp3) is 0.917. The summed E-state index contributed by atoms with van der Waals surface area (Å²) in [5.74, 6) is -1.07. The molecule has 1 unspecified atom stereocenters. The van der Waals surface area contributed by atoms with Gasteiger partial charge in [0.2, 0.25) is 16.4 Å². The average molecular weight is 375 g/mol. The molecule has 0 saturated carbocycles. The Balaban J connectivity index is 4.20. The molecule has 138 valence electrons. The van der Waals surface area contributed by atoms with Gasteiger partial charge in [-0.1, -0.05) is 0 Å². The number of aliphatic hydroxyl groups excluding tert-OH is 1. The maximum atomic E-state index is 11.9.